The Bertz CT molecular complexity index is 561. The Morgan fingerprint density at radius 2 is 2.16 bits per heavy atom. The first-order valence-electron chi connectivity index (χ1n) is 5.66. The van der Waals surface area contributed by atoms with Gasteiger partial charge in [0.25, 0.3) is 0 Å². The molecule has 0 aliphatic carbocycles. The summed E-state index contributed by atoms with van der Waals surface area (Å²) in [6.45, 7) is 2.47. The standard InChI is InChI=1S/C11H16BrN3O2S2/c1-2-15-19(16,17)6-5-14-8-3-4-9(11(13)18)10(12)7-8/h3-4,7,14-15H,2,5-6H2,1H3,(H2,13,18). The second kappa shape index (κ2) is 7.18. The maximum absolute atomic E-state index is 11.4. The molecule has 0 heterocycles. The van der Waals surface area contributed by atoms with Crippen LogP contribution in [0, 0.1) is 0 Å². The summed E-state index contributed by atoms with van der Waals surface area (Å²) >= 11 is 8.26. The molecule has 19 heavy (non-hydrogen) atoms. The quantitative estimate of drug-likeness (QED) is 0.636. The zero-order valence-corrected chi connectivity index (χ0v) is 13.7. The summed E-state index contributed by atoms with van der Waals surface area (Å²) in [6.07, 6.45) is 0. The Morgan fingerprint density at radius 3 is 2.68 bits per heavy atom. The minimum Gasteiger partial charge on any atom is -0.389 e. The van der Waals surface area contributed by atoms with E-state index in [1.54, 1.807) is 19.1 Å². The molecule has 0 amide bonds. The van der Waals surface area contributed by atoms with Crippen LogP contribution in [0.4, 0.5) is 5.69 Å². The van der Waals surface area contributed by atoms with Gasteiger partial charge in [0.05, 0.1) is 5.75 Å². The summed E-state index contributed by atoms with van der Waals surface area (Å²) in [5.74, 6) is 0.0233. The van der Waals surface area contributed by atoms with Crippen LogP contribution in [0.3, 0.4) is 0 Å². The summed E-state index contributed by atoms with van der Waals surface area (Å²) in [4.78, 5) is 0.313. The highest BCUT2D eigenvalue weighted by Gasteiger charge is 2.08. The maximum atomic E-state index is 11.4. The molecule has 0 fully saturated rings. The fraction of sp³-hybridized carbons (Fsp3) is 0.364. The summed E-state index contributed by atoms with van der Waals surface area (Å²) in [5.41, 5.74) is 7.10. The zero-order chi connectivity index (χ0) is 14.5. The van der Waals surface area contributed by atoms with Gasteiger partial charge in [-0.05, 0) is 34.1 Å². The van der Waals surface area contributed by atoms with E-state index in [1.165, 1.54) is 0 Å². The lowest BCUT2D eigenvalue weighted by molar-refractivity contribution is 0.584. The largest absolute Gasteiger partial charge is 0.389 e. The third-order valence-electron chi connectivity index (χ3n) is 2.30. The molecule has 5 nitrogen and oxygen atoms in total. The Morgan fingerprint density at radius 1 is 1.47 bits per heavy atom. The third kappa shape index (κ3) is 5.43. The molecule has 0 spiro atoms. The molecule has 106 valence electrons. The molecule has 1 aromatic carbocycles. The van der Waals surface area contributed by atoms with Crippen molar-refractivity contribution in [3.05, 3.63) is 28.2 Å². The van der Waals surface area contributed by atoms with Crippen molar-refractivity contribution in [2.45, 2.75) is 6.92 Å². The zero-order valence-electron chi connectivity index (χ0n) is 10.4. The average Bonchev–Trinajstić information content (AvgIpc) is 2.28. The molecule has 0 saturated heterocycles. The lowest BCUT2D eigenvalue weighted by atomic mass is 10.2. The number of rotatable bonds is 7. The fourth-order valence-corrected chi connectivity index (χ4v) is 3.30. The van der Waals surface area contributed by atoms with E-state index in [0.717, 1.165) is 15.7 Å². The predicted octanol–water partition coefficient (Wildman–Crippen LogP) is 1.43. The number of thiocarbonyl (C=S) groups is 1. The van der Waals surface area contributed by atoms with Gasteiger partial charge in [-0.3, -0.25) is 0 Å². The number of halogens is 1. The van der Waals surface area contributed by atoms with Gasteiger partial charge >= 0.3 is 0 Å². The van der Waals surface area contributed by atoms with Gasteiger partial charge in [-0.2, -0.15) is 0 Å². The van der Waals surface area contributed by atoms with Crippen LogP contribution in [0.1, 0.15) is 12.5 Å². The van der Waals surface area contributed by atoms with E-state index in [-0.39, 0.29) is 5.75 Å². The monoisotopic (exact) mass is 365 g/mol. The van der Waals surface area contributed by atoms with E-state index in [9.17, 15) is 8.42 Å². The normalized spacial score (nSPS) is 11.3. The smallest absolute Gasteiger partial charge is 0.213 e. The maximum Gasteiger partial charge on any atom is 0.213 e. The molecule has 1 rings (SSSR count). The van der Waals surface area contributed by atoms with Crippen molar-refractivity contribution in [3.8, 4) is 0 Å². The Balaban J connectivity index is 2.60. The van der Waals surface area contributed by atoms with Gasteiger partial charge in [0.15, 0.2) is 0 Å². The van der Waals surface area contributed by atoms with Crippen LogP contribution in [0.15, 0.2) is 22.7 Å². The van der Waals surface area contributed by atoms with Crippen LogP contribution in [0.2, 0.25) is 0 Å². The second-order valence-corrected chi connectivity index (χ2v) is 7.02. The molecule has 0 saturated carbocycles. The first-order chi connectivity index (χ1) is 8.85. The van der Waals surface area contributed by atoms with Gasteiger partial charge < -0.3 is 11.1 Å². The number of anilines is 1. The van der Waals surface area contributed by atoms with Crippen molar-refractivity contribution in [2.24, 2.45) is 5.73 Å². The average molecular weight is 366 g/mol. The minimum absolute atomic E-state index is 0.0233. The summed E-state index contributed by atoms with van der Waals surface area (Å²) in [5, 5.41) is 3.03. The first kappa shape index (κ1) is 16.4. The van der Waals surface area contributed by atoms with Gasteiger partial charge in [-0.1, -0.05) is 19.1 Å². The number of hydrogen-bond acceptors (Lipinski definition) is 4. The molecule has 1 aromatic rings. The summed E-state index contributed by atoms with van der Waals surface area (Å²) in [6, 6.07) is 5.40. The number of hydrogen-bond donors (Lipinski definition) is 3. The van der Waals surface area contributed by atoms with E-state index < -0.39 is 10.0 Å². The number of nitrogens with two attached hydrogens (primary N) is 1. The van der Waals surface area contributed by atoms with Crippen LogP contribution in [0.5, 0.6) is 0 Å². The van der Waals surface area contributed by atoms with Gasteiger partial charge in [-0.15, -0.1) is 0 Å². The summed E-state index contributed by atoms with van der Waals surface area (Å²) < 4.78 is 26.1. The Hall–Kier alpha value is -0.700. The van der Waals surface area contributed by atoms with Crippen molar-refractivity contribution in [2.75, 3.05) is 24.2 Å². The van der Waals surface area contributed by atoms with E-state index in [2.05, 4.69) is 26.0 Å². The fourth-order valence-electron chi connectivity index (χ4n) is 1.45. The molecular weight excluding hydrogens is 350 g/mol. The Kier molecular flexibility index (Phi) is 6.18. The number of nitrogens with one attached hydrogen (secondary N) is 2. The molecule has 4 N–H and O–H groups in total. The lowest BCUT2D eigenvalue weighted by Crippen LogP contribution is -2.29. The highest BCUT2D eigenvalue weighted by Crippen LogP contribution is 2.21. The van der Waals surface area contributed by atoms with Crippen molar-refractivity contribution < 1.29 is 8.42 Å². The molecule has 0 aromatic heterocycles. The molecule has 0 atom stereocenters. The molecule has 0 radical (unpaired) electrons. The van der Waals surface area contributed by atoms with E-state index >= 15 is 0 Å². The number of sulfonamides is 1. The first-order valence-corrected chi connectivity index (χ1v) is 8.51. The van der Waals surface area contributed by atoms with Crippen molar-refractivity contribution in [1.29, 1.82) is 0 Å². The molecule has 0 bridgehead atoms. The van der Waals surface area contributed by atoms with E-state index in [1.807, 2.05) is 6.07 Å². The topological polar surface area (TPSA) is 84.2 Å². The van der Waals surface area contributed by atoms with E-state index in [0.29, 0.717) is 18.1 Å². The molecule has 0 aliphatic heterocycles. The SMILES string of the molecule is CCNS(=O)(=O)CCNc1ccc(C(N)=S)c(Br)c1. The van der Waals surface area contributed by atoms with Gasteiger partial charge in [0.1, 0.15) is 4.99 Å². The van der Waals surface area contributed by atoms with Crippen LogP contribution in [-0.4, -0.2) is 32.2 Å². The highest BCUT2D eigenvalue weighted by atomic mass is 79.9. The highest BCUT2D eigenvalue weighted by molar-refractivity contribution is 9.10. The second-order valence-electron chi connectivity index (χ2n) is 3.80. The van der Waals surface area contributed by atoms with Crippen molar-refractivity contribution in [1.82, 2.24) is 4.72 Å². The summed E-state index contributed by atoms with van der Waals surface area (Å²) in [7, 11) is -3.20. The van der Waals surface area contributed by atoms with Crippen molar-refractivity contribution in [3.63, 3.8) is 0 Å². The van der Waals surface area contributed by atoms with Gasteiger partial charge in [-0.25, -0.2) is 13.1 Å². The van der Waals surface area contributed by atoms with Crippen molar-refractivity contribution >= 4 is 48.8 Å². The Labute approximate surface area is 127 Å². The van der Waals surface area contributed by atoms with Crippen LogP contribution >= 0.6 is 28.1 Å². The van der Waals surface area contributed by atoms with Crippen LogP contribution < -0.4 is 15.8 Å². The lowest BCUT2D eigenvalue weighted by Gasteiger charge is -2.09. The molecular formula is C11H16BrN3O2S2. The van der Waals surface area contributed by atoms with Gasteiger partial charge in [0, 0.05) is 28.8 Å². The molecule has 0 unspecified atom stereocenters. The third-order valence-corrected chi connectivity index (χ3v) is 4.64. The number of benzene rings is 1. The molecule has 8 heteroatoms. The minimum atomic E-state index is -3.20. The van der Waals surface area contributed by atoms with Crippen LogP contribution in [-0.2, 0) is 10.0 Å². The predicted molar refractivity (Wildman–Crippen MR) is 86.0 cm³/mol. The van der Waals surface area contributed by atoms with Crippen LogP contribution in [0.25, 0.3) is 0 Å². The van der Waals surface area contributed by atoms with Gasteiger partial charge in [0.2, 0.25) is 10.0 Å². The van der Waals surface area contributed by atoms with E-state index in [4.69, 9.17) is 18.0 Å². The molecule has 0 aliphatic rings.